The van der Waals surface area contributed by atoms with Crippen LogP contribution >= 0.6 is 11.6 Å². The molecular weight excluding hydrogens is 320 g/mol. The van der Waals surface area contributed by atoms with Crippen molar-refractivity contribution in [2.24, 2.45) is 5.10 Å². The first-order chi connectivity index (χ1) is 11.7. The highest BCUT2D eigenvalue weighted by atomic mass is 35.5. The van der Waals surface area contributed by atoms with Crippen LogP contribution in [0.5, 0.6) is 5.75 Å². The van der Waals surface area contributed by atoms with Gasteiger partial charge in [-0.15, -0.1) is 0 Å². The van der Waals surface area contributed by atoms with Crippen molar-refractivity contribution in [3.8, 4) is 5.75 Å². The number of fused-ring (bicyclic) bond motifs is 1. The maximum absolute atomic E-state index is 6.14. The summed E-state index contributed by atoms with van der Waals surface area (Å²) in [4.78, 5) is 0. The van der Waals surface area contributed by atoms with Gasteiger partial charge in [0, 0.05) is 10.6 Å². The second-order valence-corrected chi connectivity index (χ2v) is 5.87. The van der Waals surface area contributed by atoms with E-state index in [1.165, 1.54) is 0 Å². The van der Waals surface area contributed by atoms with Gasteiger partial charge in [-0.3, -0.25) is 5.43 Å². The van der Waals surface area contributed by atoms with Crippen LogP contribution in [0.15, 0.2) is 59.7 Å². The van der Waals surface area contributed by atoms with E-state index >= 15 is 0 Å². The van der Waals surface area contributed by atoms with Crippen LogP contribution in [0.1, 0.15) is 18.1 Å². The van der Waals surface area contributed by atoms with Gasteiger partial charge < -0.3 is 4.74 Å². The minimum absolute atomic E-state index is 0.611. The third-order valence-electron chi connectivity index (χ3n) is 3.79. The third kappa shape index (κ3) is 3.52. The Morgan fingerprint density at radius 1 is 1.12 bits per heavy atom. The van der Waals surface area contributed by atoms with Crippen LogP contribution in [0.3, 0.4) is 0 Å². The Morgan fingerprint density at radius 2 is 1.96 bits per heavy atom. The van der Waals surface area contributed by atoms with E-state index in [-0.39, 0.29) is 0 Å². The number of rotatable bonds is 5. The highest BCUT2D eigenvalue weighted by Gasteiger charge is 2.06. The number of benzene rings is 3. The van der Waals surface area contributed by atoms with E-state index in [1.54, 1.807) is 6.21 Å². The minimum atomic E-state index is 0.611. The van der Waals surface area contributed by atoms with Crippen LogP contribution in [0, 0.1) is 6.92 Å². The highest BCUT2D eigenvalue weighted by Crippen LogP contribution is 2.27. The fraction of sp³-hybridized carbons (Fsp3) is 0.150. The molecule has 0 spiro atoms. The molecule has 0 saturated heterocycles. The second-order valence-electron chi connectivity index (χ2n) is 5.47. The number of halogens is 1. The molecule has 3 aromatic carbocycles. The molecule has 4 heteroatoms. The maximum atomic E-state index is 6.14. The molecule has 0 aromatic heterocycles. The molecule has 0 fully saturated rings. The second kappa shape index (κ2) is 7.37. The van der Waals surface area contributed by atoms with Crippen LogP contribution in [-0.2, 0) is 0 Å². The van der Waals surface area contributed by atoms with Crippen LogP contribution < -0.4 is 10.2 Å². The Labute approximate surface area is 146 Å². The Hall–Kier alpha value is -2.52. The predicted molar refractivity (Wildman–Crippen MR) is 103 cm³/mol. The van der Waals surface area contributed by atoms with Crippen molar-refractivity contribution in [3.05, 3.63) is 70.7 Å². The Morgan fingerprint density at radius 3 is 2.75 bits per heavy atom. The average molecular weight is 339 g/mol. The molecule has 0 aliphatic rings. The lowest BCUT2D eigenvalue weighted by atomic mass is 10.0. The number of aryl methyl sites for hydroxylation is 1. The molecule has 3 nitrogen and oxygen atoms in total. The summed E-state index contributed by atoms with van der Waals surface area (Å²) in [5, 5.41) is 7.34. The summed E-state index contributed by atoms with van der Waals surface area (Å²) in [5.41, 5.74) is 5.87. The van der Waals surface area contributed by atoms with Crippen molar-refractivity contribution in [3.63, 3.8) is 0 Å². The summed E-state index contributed by atoms with van der Waals surface area (Å²) in [5.74, 6) is 0.823. The monoisotopic (exact) mass is 338 g/mol. The van der Waals surface area contributed by atoms with E-state index in [2.05, 4.69) is 28.7 Å². The van der Waals surface area contributed by atoms with Crippen molar-refractivity contribution >= 4 is 34.3 Å². The Balaban J connectivity index is 1.92. The molecule has 0 aliphatic carbocycles. The first-order valence-corrected chi connectivity index (χ1v) is 8.26. The van der Waals surface area contributed by atoms with Gasteiger partial charge in [-0.2, -0.15) is 5.10 Å². The van der Waals surface area contributed by atoms with E-state index in [4.69, 9.17) is 16.3 Å². The number of anilines is 1. The lowest BCUT2D eigenvalue weighted by molar-refractivity contribution is 0.340. The summed E-state index contributed by atoms with van der Waals surface area (Å²) in [6.45, 7) is 4.56. The van der Waals surface area contributed by atoms with Crippen molar-refractivity contribution in [2.45, 2.75) is 13.8 Å². The zero-order valence-electron chi connectivity index (χ0n) is 13.7. The van der Waals surface area contributed by atoms with E-state index < -0.39 is 0 Å². The quantitative estimate of drug-likeness (QED) is 0.482. The van der Waals surface area contributed by atoms with E-state index in [0.717, 1.165) is 38.4 Å². The van der Waals surface area contributed by atoms with Gasteiger partial charge >= 0.3 is 0 Å². The summed E-state index contributed by atoms with van der Waals surface area (Å²) in [7, 11) is 0. The number of nitrogens with one attached hydrogen (secondary N) is 1. The predicted octanol–water partition coefficient (Wildman–Crippen LogP) is 5.65. The first-order valence-electron chi connectivity index (χ1n) is 7.89. The summed E-state index contributed by atoms with van der Waals surface area (Å²) in [6, 6.07) is 18.0. The molecule has 0 unspecified atom stereocenters. The van der Waals surface area contributed by atoms with Crippen LogP contribution in [0.25, 0.3) is 10.8 Å². The SMILES string of the molecule is CCOc1ccc2ccccc2c1/C=N/Nc1ccc(C)c(Cl)c1. The molecule has 1 N–H and O–H groups in total. The molecule has 0 saturated carbocycles. The molecule has 0 amide bonds. The van der Waals surface area contributed by atoms with Crippen molar-refractivity contribution in [2.75, 3.05) is 12.0 Å². The molecule has 0 aliphatic heterocycles. The van der Waals surface area contributed by atoms with E-state index in [1.807, 2.05) is 50.2 Å². The Kier molecular flexibility index (Phi) is 5.02. The molecule has 0 radical (unpaired) electrons. The third-order valence-corrected chi connectivity index (χ3v) is 4.20. The zero-order valence-corrected chi connectivity index (χ0v) is 14.5. The molecule has 0 atom stereocenters. The average Bonchev–Trinajstić information content (AvgIpc) is 2.60. The van der Waals surface area contributed by atoms with Crippen molar-refractivity contribution < 1.29 is 4.74 Å². The van der Waals surface area contributed by atoms with Gasteiger partial charge in [0.2, 0.25) is 0 Å². The highest BCUT2D eigenvalue weighted by molar-refractivity contribution is 6.31. The van der Waals surface area contributed by atoms with Gasteiger partial charge in [0.25, 0.3) is 0 Å². The first kappa shape index (κ1) is 16.3. The molecular formula is C20H19ClN2O. The number of ether oxygens (including phenoxy) is 1. The molecule has 3 rings (SSSR count). The van der Waals surface area contributed by atoms with Gasteiger partial charge in [-0.05, 0) is 48.4 Å². The summed E-state index contributed by atoms with van der Waals surface area (Å²) < 4.78 is 5.74. The van der Waals surface area contributed by atoms with E-state index in [0.29, 0.717) is 6.61 Å². The van der Waals surface area contributed by atoms with Gasteiger partial charge in [0.05, 0.1) is 18.5 Å². The van der Waals surface area contributed by atoms with Gasteiger partial charge in [0.1, 0.15) is 5.75 Å². The molecule has 0 bridgehead atoms. The molecule has 3 aromatic rings. The fourth-order valence-electron chi connectivity index (χ4n) is 2.52. The zero-order chi connectivity index (χ0) is 16.9. The number of nitrogens with zero attached hydrogens (tertiary/aromatic N) is 1. The number of hydrogen-bond donors (Lipinski definition) is 1. The van der Waals surface area contributed by atoms with Crippen LogP contribution in [0.4, 0.5) is 5.69 Å². The van der Waals surface area contributed by atoms with E-state index in [9.17, 15) is 0 Å². The largest absolute Gasteiger partial charge is 0.493 e. The topological polar surface area (TPSA) is 33.6 Å². The normalized spacial score (nSPS) is 11.1. The smallest absolute Gasteiger partial charge is 0.128 e. The van der Waals surface area contributed by atoms with Gasteiger partial charge in [0.15, 0.2) is 0 Å². The lowest BCUT2D eigenvalue weighted by Gasteiger charge is -2.10. The minimum Gasteiger partial charge on any atom is -0.493 e. The van der Waals surface area contributed by atoms with Crippen LogP contribution in [-0.4, -0.2) is 12.8 Å². The van der Waals surface area contributed by atoms with Gasteiger partial charge in [-0.25, -0.2) is 0 Å². The van der Waals surface area contributed by atoms with Crippen molar-refractivity contribution in [1.29, 1.82) is 0 Å². The number of hydrazone groups is 1. The fourth-order valence-corrected chi connectivity index (χ4v) is 2.70. The maximum Gasteiger partial charge on any atom is 0.128 e. The van der Waals surface area contributed by atoms with Crippen LogP contribution in [0.2, 0.25) is 5.02 Å². The standard InChI is InChI=1S/C20H19ClN2O/c1-3-24-20-11-9-15-6-4-5-7-17(15)18(20)13-22-23-16-10-8-14(2)19(21)12-16/h4-13,23H,3H2,1-2H3/b22-13+. The summed E-state index contributed by atoms with van der Waals surface area (Å²) in [6.07, 6.45) is 1.79. The van der Waals surface area contributed by atoms with Gasteiger partial charge in [-0.1, -0.05) is 48.0 Å². The lowest BCUT2D eigenvalue weighted by Crippen LogP contribution is -1.98. The molecule has 122 valence electrons. The molecule has 0 heterocycles. The summed E-state index contributed by atoms with van der Waals surface area (Å²) >= 11 is 6.14. The molecule has 24 heavy (non-hydrogen) atoms. The van der Waals surface area contributed by atoms with Crippen molar-refractivity contribution in [1.82, 2.24) is 0 Å². The Bertz CT molecular complexity index is 890. The number of hydrogen-bond acceptors (Lipinski definition) is 3.